The molecular weight excluding hydrogens is 338 g/mol. The average Bonchev–Trinajstić information content (AvgIpc) is 2.86. The zero-order valence-corrected chi connectivity index (χ0v) is 16.3. The minimum Gasteiger partial charge on any atom is -0.457 e. The first kappa shape index (κ1) is 19.4. The van der Waals surface area contributed by atoms with Crippen molar-refractivity contribution < 1.29 is 9.53 Å². The molecule has 0 saturated heterocycles. The maximum atomic E-state index is 11.4. The Bertz CT molecular complexity index is 800. The number of nitrogens with one attached hydrogen (secondary N) is 1. The summed E-state index contributed by atoms with van der Waals surface area (Å²) in [5, 5.41) is 3.53. The quantitative estimate of drug-likeness (QED) is 0.704. The molecule has 3 rings (SSSR count). The topological polar surface area (TPSA) is 67.6 Å². The number of fused-ring (bicyclic) bond motifs is 2. The molecule has 1 amide bonds. The van der Waals surface area contributed by atoms with Gasteiger partial charge in [-0.2, -0.15) is 0 Å². The number of likely N-dealkylation sites (N-methyl/N-ethyl adjacent to an activating group) is 1. The predicted molar refractivity (Wildman–Crippen MR) is 108 cm³/mol. The van der Waals surface area contributed by atoms with Gasteiger partial charge in [-0.05, 0) is 66.9 Å². The van der Waals surface area contributed by atoms with Gasteiger partial charge in [0.1, 0.15) is 11.5 Å². The fraction of sp³-hybridized carbons (Fsp3) is 0.409. The van der Waals surface area contributed by atoms with Crippen LogP contribution in [0.1, 0.15) is 40.9 Å². The molecule has 5 heteroatoms. The highest BCUT2D eigenvalue weighted by atomic mass is 16.5. The predicted octanol–water partition coefficient (Wildman–Crippen LogP) is 3.11. The third-order valence-electron chi connectivity index (χ3n) is 5.18. The summed E-state index contributed by atoms with van der Waals surface area (Å²) in [6.07, 6.45) is 1.72. The third-order valence-corrected chi connectivity index (χ3v) is 5.18. The first-order chi connectivity index (χ1) is 13.1. The van der Waals surface area contributed by atoms with E-state index in [1.165, 1.54) is 11.1 Å². The molecule has 1 heterocycles. The molecule has 5 nitrogen and oxygen atoms in total. The van der Waals surface area contributed by atoms with Gasteiger partial charge in [0.25, 0.3) is 0 Å². The van der Waals surface area contributed by atoms with Crippen molar-refractivity contribution in [2.24, 2.45) is 5.73 Å². The molecule has 2 aromatic carbocycles. The van der Waals surface area contributed by atoms with E-state index in [9.17, 15) is 4.79 Å². The molecule has 2 aromatic rings. The van der Waals surface area contributed by atoms with E-state index in [0.717, 1.165) is 62.6 Å². The molecule has 144 valence electrons. The fourth-order valence-corrected chi connectivity index (χ4v) is 3.46. The number of carbonyl (C=O) groups is 1. The van der Waals surface area contributed by atoms with Gasteiger partial charge in [-0.1, -0.05) is 26.0 Å². The van der Waals surface area contributed by atoms with Crippen LogP contribution in [0.4, 0.5) is 0 Å². The van der Waals surface area contributed by atoms with Crippen LogP contribution in [0.3, 0.4) is 0 Å². The van der Waals surface area contributed by atoms with Crippen LogP contribution in [-0.2, 0) is 19.4 Å². The standard InChI is InChI=1S/C22H29N3O2/c1-3-25(4-2)12-11-24-15-16-5-9-20-17(13-16)6-7-18-14-19(22(23)26)8-10-21(18)27-20/h5,8-10,13-14,24H,3-4,6-7,11-12,15H2,1-2H3,(H2,23,26). The van der Waals surface area contributed by atoms with Gasteiger partial charge >= 0.3 is 0 Å². The highest BCUT2D eigenvalue weighted by molar-refractivity contribution is 5.93. The van der Waals surface area contributed by atoms with E-state index in [-0.39, 0.29) is 0 Å². The van der Waals surface area contributed by atoms with E-state index in [0.29, 0.717) is 5.56 Å². The maximum Gasteiger partial charge on any atom is 0.248 e. The normalized spacial score (nSPS) is 12.9. The average molecular weight is 367 g/mol. The minimum absolute atomic E-state index is 0.405. The summed E-state index contributed by atoms with van der Waals surface area (Å²) in [6.45, 7) is 9.47. The Labute approximate surface area is 161 Å². The van der Waals surface area contributed by atoms with Gasteiger partial charge in [-0.25, -0.2) is 0 Å². The van der Waals surface area contributed by atoms with Gasteiger partial charge < -0.3 is 20.7 Å². The highest BCUT2D eigenvalue weighted by Gasteiger charge is 2.16. The number of rotatable bonds is 8. The number of aryl methyl sites for hydroxylation is 2. The summed E-state index contributed by atoms with van der Waals surface area (Å²) in [5.74, 6) is 1.30. The number of ether oxygens (including phenoxy) is 1. The van der Waals surface area contributed by atoms with Crippen molar-refractivity contribution in [1.82, 2.24) is 10.2 Å². The molecule has 1 aliphatic heterocycles. The summed E-state index contributed by atoms with van der Waals surface area (Å²) < 4.78 is 6.10. The van der Waals surface area contributed by atoms with Crippen molar-refractivity contribution in [3.05, 3.63) is 58.7 Å². The van der Waals surface area contributed by atoms with Crippen LogP contribution in [-0.4, -0.2) is 37.0 Å². The van der Waals surface area contributed by atoms with Gasteiger partial charge in [0, 0.05) is 25.2 Å². The van der Waals surface area contributed by atoms with Crippen LogP contribution in [0.25, 0.3) is 0 Å². The van der Waals surface area contributed by atoms with Crippen LogP contribution in [0.5, 0.6) is 11.5 Å². The smallest absolute Gasteiger partial charge is 0.248 e. The largest absolute Gasteiger partial charge is 0.457 e. The summed E-state index contributed by atoms with van der Waals surface area (Å²) >= 11 is 0. The second-order valence-corrected chi connectivity index (χ2v) is 6.93. The van der Waals surface area contributed by atoms with E-state index in [1.54, 1.807) is 6.07 Å². The van der Waals surface area contributed by atoms with E-state index >= 15 is 0 Å². The van der Waals surface area contributed by atoms with E-state index < -0.39 is 5.91 Å². The van der Waals surface area contributed by atoms with Crippen molar-refractivity contribution in [1.29, 1.82) is 0 Å². The molecule has 27 heavy (non-hydrogen) atoms. The number of nitrogens with zero attached hydrogens (tertiary/aromatic N) is 1. The molecule has 0 unspecified atom stereocenters. The van der Waals surface area contributed by atoms with Crippen molar-refractivity contribution in [2.75, 3.05) is 26.2 Å². The SMILES string of the molecule is CCN(CC)CCNCc1ccc2c(c1)CCc1cc(C(N)=O)ccc1O2. The van der Waals surface area contributed by atoms with Gasteiger partial charge in [0.15, 0.2) is 0 Å². The maximum absolute atomic E-state index is 11.4. The molecule has 0 aromatic heterocycles. The Balaban J connectivity index is 1.63. The summed E-state index contributed by atoms with van der Waals surface area (Å²) in [6, 6.07) is 11.8. The lowest BCUT2D eigenvalue weighted by Gasteiger charge is -2.18. The monoisotopic (exact) mass is 367 g/mol. The first-order valence-electron chi connectivity index (χ1n) is 9.76. The lowest BCUT2D eigenvalue weighted by atomic mass is 10.0. The highest BCUT2D eigenvalue weighted by Crippen LogP contribution is 2.34. The molecule has 0 aliphatic carbocycles. The minimum atomic E-state index is -0.405. The van der Waals surface area contributed by atoms with Crippen LogP contribution >= 0.6 is 0 Å². The van der Waals surface area contributed by atoms with Crippen molar-refractivity contribution >= 4 is 5.91 Å². The molecular formula is C22H29N3O2. The van der Waals surface area contributed by atoms with Gasteiger partial charge in [-0.3, -0.25) is 4.79 Å². The van der Waals surface area contributed by atoms with Crippen LogP contribution in [0.2, 0.25) is 0 Å². The van der Waals surface area contributed by atoms with Crippen molar-refractivity contribution in [3.8, 4) is 11.5 Å². The van der Waals surface area contributed by atoms with Crippen LogP contribution < -0.4 is 15.8 Å². The Morgan fingerprint density at radius 1 is 1.07 bits per heavy atom. The molecule has 0 bridgehead atoms. The molecule has 0 atom stereocenters. The molecule has 1 aliphatic rings. The van der Waals surface area contributed by atoms with Gasteiger partial charge in [0.2, 0.25) is 5.91 Å². The number of benzene rings is 2. The lowest BCUT2D eigenvalue weighted by molar-refractivity contribution is 0.1000. The number of primary amides is 1. The lowest BCUT2D eigenvalue weighted by Crippen LogP contribution is -2.31. The zero-order valence-electron chi connectivity index (χ0n) is 16.3. The molecule has 3 N–H and O–H groups in total. The summed E-state index contributed by atoms with van der Waals surface area (Å²) in [7, 11) is 0. The van der Waals surface area contributed by atoms with E-state index in [4.69, 9.17) is 10.5 Å². The first-order valence-corrected chi connectivity index (χ1v) is 9.76. The van der Waals surface area contributed by atoms with E-state index in [2.05, 4.69) is 36.2 Å². The Morgan fingerprint density at radius 3 is 2.41 bits per heavy atom. The second kappa shape index (κ2) is 9.02. The third kappa shape index (κ3) is 4.87. The number of carbonyl (C=O) groups excluding carboxylic acids is 1. The molecule has 0 radical (unpaired) electrons. The number of hydrogen-bond acceptors (Lipinski definition) is 4. The molecule has 0 spiro atoms. The van der Waals surface area contributed by atoms with E-state index in [1.807, 2.05) is 18.2 Å². The van der Waals surface area contributed by atoms with Gasteiger partial charge in [0.05, 0.1) is 0 Å². The van der Waals surface area contributed by atoms with Crippen LogP contribution in [0.15, 0.2) is 36.4 Å². The number of hydrogen-bond donors (Lipinski definition) is 2. The summed E-state index contributed by atoms with van der Waals surface area (Å²) in [4.78, 5) is 13.8. The zero-order chi connectivity index (χ0) is 19.2. The van der Waals surface area contributed by atoms with Crippen LogP contribution in [0, 0.1) is 0 Å². The van der Waals surface area contributed by atoms with Crippen molar-refractivity contribution in [3.63, 3.8) is 0 Å². The Morgan fingerprint density at radius 2 is 1.74 bits per heavy atom. The van der Waals surface area contributed by atoms with Crippen molar-refractivity contribution in [2.45, 2.75) is 33.2 Å². The fourth-order valence-electron chi connectivity index (χ4n) is 3.46. The second-order valence-electron chi connectivity index (χ2n) is 6.93. The number of amides is 1. The molecule has 0 saturated carbocycles. The number of nitrogens with two attached hydrogens (primary N) is 1. The summed E-state index contributed by atoms with van der Waals surface area (Å²) in [5.41, 5.74) is 9.42. The molecule has 0 fully saturated rings. The Hall–Kier alpha value is -2.37. The van der Waals surface area contributed by atoms with Gasteiger partial charge in [-0.15, -0.1) is 0 Å². The Kier molecular flexibility index (Phi) is 6.48.